The first kappa shape index (κ1) is 16.6. The van der Waals surface area contributed by atoms with E-state index in [-0.39, 0.29) is 24.3 Å². The van der Waals surface area contributed by atoms with Crippen LogP contribution in [0, 0.1) is 11.7 Å². The van der Waals surface area contributed by atoms with Crippen LogP contribution in [0.25, 0.3) is 11.5 Å². The van der Waals surface area contributed by atoms with Crippen LogP contribution >= 0.6 is 0 Å². The van der Waals surface area contributed by atoms with Crippen LogP contribution < -0.4 is 0 Å². The van der Waals surface area contributed by atoms with Gasteiger partial charge in [-0.25, -0.2) is 4.39 Å². The minimum atomic E-state index is -0.328. The van der Waals surface area contributed by atoms with E-state index in [1.165, 1.54) is 44.2 Å². The molecule has 0 unspecified atom stereocenters. The molecule has 1 fully saturated rings. The molecule has 0 N–H and O–H groups in total. The van der Waals surface area contributed by atoms with Crippen LogP contribution in [0.4, 0.5) is 4.39 Å². The molecule has 0 atom stereocenters. The summed E-state index contributed by atoms with van der Waals surface area (Å²) in [6, 6.07) is 5.76. The van der Waals surface area contributed by atoms with Crippen LogP contribution in [-0.2, 0) is 16.1 Å². The molecule has 1 aliphatic rings. The zero-order chi connectivity index (χ0) is 16.8. The van der Waals surface area contributed by atoms with Crippen LogP contribution in [0.5, 0.6) is 0 Å². The van der Waals surface area contributed by atoms with Gasteiger partial charge < -0.3 is 9.26 Å². The number of nitrogens with zero attached hydrogens (tertiary/aromatic N) is 2. The van der Waals surface area contributed by atoms with Gasteiger partial charge in [-0.2, -0.15) is 4.98 Å². The Kier molecular flexibility index (Phi) is 5.56. The van der Waals surface area contributed by atoms with Gasteiger partial charge >= 0.3 is 5.97 Å². The van der Waals surface area contributed by atoms with E-state index < -0.39 is 0 Å². The number of aromatic nitrogens is 2. The lowest BCUT2D eigenvalue weighted by Crippen LogP contribution is -2.11. The average molecular weight is 332 g/mol. The lowest BCUT2D eigenvalue weighted by atomic mass is 9.86. The number of carbonyl (C=O) groups excluding carboxylic acids is 1. The lowest BCUT2D eigenvalue weighted by Gasteiger charge is -2.20. The number of ether oxygens (including phenoxy) is 1. The molecule has 128 valence electrons. The number of esters is 1. The fraction of sp³-hybridized carbons (Fsp3) is 0.500. The summed E-state index contributed by atoms with van der Waals surface area (Å²) < 4.78 is 23.2. The van der Waals surface area contributed by atoms with E-state index >= 15 is 0 Å². The van der Waals surface area contributed by atoms with E-state index in [0.29, 0.717) is 23.7 Å². The Morgan fingerprint density at radius 3 is 2.71 bits per heavy atom. The fourth-order valence-electron chi connectivity index (χ4n) is 3.04. The normalized spacial score (nSPS) is 15.4. The molecule has 5 nitrogen and oxygen atoms in total. The molecule has 0 amide bonds. The number of benzene rings is 1. The minimum absolute atomic E-state index is 0.00576. The Bertz CT molecular complexity index is 663. The SMILES string of the molecule is O=C(CCC1CCCCC1)OCc1noc(-c2ccc(F)cc2)n1. The van der Waals surface area contributed by atoms with Gasteiger partial charge in [0.2, 0.25) is 5.82 Å². The van der Waals surface area contributed by atoms with Crippen molar-refractivity contribution in [1.29, 1.82) is 0 Å². The van der Waals surface area contributed by atoms with Gasteiger partial charge in [0.1, 0.15) is 5.82 Å². The summed E-state index contributed by atoms with van der Waals surface area (Å²) in [5.41, 5.74) is 0.624. The highest BCUT2D eigenvalue weighted by Gasteiger charge is 2.16. The fourth-order valence-corrected chi connectivity index (χ4v) is 3.04. The Morgan fingerprint density at radius 1 is 1.21 bits per heavy atom. The largest absolute Gasteiger partial charge is 0.457 e. The van der Waals surface area contributed by atoms with Crippen molar-refractivity contribution in [2.75, 3.05) is 0 Å². The molecule has 0 spiro atoms. The van der Waals surface area contributed by atoms with E-state index in [1.54, 1.807) is 12.1 Å². The van der Waals surface area contributed by atoms with Crippen LogP contribution in [0.2, 0.25) is 0 Å². The minimum Gasteiger partial charge on any atom is -0.457 e. The van der Waals surface area contributed by atoms with Gasteiger partial charge in [-0.15, -0.1) is 0 Å². The molecule has 6 heteroatoms. The molecule has 1 heterocycles. The Balaban J connectivity index is 1.44. The second-order valence-electron chi connectivity index (χ2n) is 6.23. The zero-order valence-electron chi connectivity index (χ0n) is 13.5. The van der Waals surface area contributed by atoms with Crippen LogP contribution in [0.15, 0.2) is 28.8 Å². The highest BCUT2D eigenvalue weighted by atomic mass is 19.1. The molecule has 0 saturated heterocycles. The topological polar surface area (TPSA) is 65.2 Å². The lowest BCUT2D eigenvalue weighted by molar-refractivity contribution is -0.145. The van der Waals surface area contributed by atoms with E-state index in [0.717, 1.165) is 6.42 Å². The van der Waals surface area contributed by atoms with Gasteiger partial charge in [0.05, 0.1) is 0 Å². The van der Waals surface area contributed by atoms with Crippen molar-refractivity contribution in [3.8, 4) is 11.5 Å². The number of carbonyl (C=O) groups is 1. The zero-order valence-corrected chi connectivity index (χ0v) is 13.5. The number of rotatable bonds is 6. The third-order valence-corrected chi connectivity index (χ3v) is 4.40. The van der Waals surface area contributed by atoms with Crippen molar-refractivity contribution in [1.82, 2.24) is 10.1 Å². The van der Waals surface area contributed by atoms with E-state index in [2.05, 4.69) is 10.1 Å². The third kappa shape index (κ3) is 4.63. The highest BCUT2D eigenvalue weighted by Crippen LogP contribution is 2.27. The van der Waals surface area contributed by atoms with Gasteiger partial charge in [0.25, 0.3) is 5.89 Å². The van der Waals surface area contributed by atoms with E-state index in [4.69, 9.17) is 9.26 Å². The summed E-state index contributed by atoms with van der Waals surface area (Å²) in [7, 11) is 0. The van der Waals surface area contributed by atoms with Gasteiger partial charge in [0.15, 0.2) is 6.61 Å². The molecule has 0 bridgehead atoms. The molecular weight excluding hydrogens is 311 g/mol. The quantitative estimate of drug-likeness (QED) is 0.739. The predicted octanol–water partition coefficient (Wildman–Crippen LogP) is 4.28. The van der Waals surface area contributed by atoms with Crippen LogP contribution in [-0.4, -0.2) is 16.1 Å². The van der Waals surface area contributed by atoms with Crippen LogP contribution in [0.3, 0.4) is 0 Å². The first-order valence-corrected chi connectivity index (χ1v) is 8.45. The van der Waals surface area contributed by atoms with Crippen molar-refractivity contribution < 1.29 is 18.4 Å². The summed E-state index contributed by atoms with van der Waals surface area (Å²) in [6.45, 7) is -0.00576. The molecule has 24 heavy (non-hydrogen) atoms. The van der Waals surface area contributed by atoms with E-state index in [9.17, 15) is 9.18 Å². The second-order valence-corrected chi connectivity index (χ2v) is 6.23. The Hall–Kier alpha value is -2.24. The molecule has 3 rings (SSSR count). The maximum atomic E-state index is 12.9. The molecular formula is C18H21FN2O3. The monoisotopic (exact) mass is 332 g/mol. The Labute approximate surface area is 140 Å². The van der Waals surface area contributed by atoms with Crippen molar-refractivity contribution in [3.05, 3.63) is 35.9 Å². The summed E-state index contributed by atoms with van der Waals surface area (Å²) in [5.74, 6) is 0.684. The Morgan fingerprint density at radius 2 is 1.96 bits per heavy atom. The number of hydrogen-bond donors (Lipinski definition) is 0. The van der Waals surface area contributed by atoms with Gasteiger partial charge in [-0.1, -0.05) is 37.3 Å². The summed E-state index contributed by atoms with van der Waals surface area (Å²) >= 11 is 0. The van der Waals surface area contributed by atoms with Crippen LogP contribution in [0.1, 0.15) is 50.8 Å². The van der Waals surface area contributed by atoms with Gasteiger partial charge in [0, 0.05) is 12.0 Å². The maximum absolute atomic E-state index is 12.9. The average Bonchev–Trinajstić information content (AvgIpc) is 3.09. The molecule has 1 aromatic carbocycles. The molecule has 1 aromatic heterocycles. The molecule has 0 aliphatic heterocycles. The summed E-state index contributed by atoms with van der Waals surface area (Å²) in [6.07, 6.45) is 7.64. The van der Waals surface area contributed by atoms with Crippen molar-refractivity contribution in [2.24, 2.45) is 5.92 Å². The van der Waals surface area contributed by atoms with Crippen molar-refractivity contribution >= 4 is 5.97 Å². The standard InChI is InChI=1S/C18H21FN2O3/c19-15-9-7-14(8-10-15)18-20-16(21-24-18)12-23-17(22)11-6-13-4-2-1-3-5-13/h7-10,13H,1-6,11-12H2. The first-order chi connectivity index (χ1) is 11.7. The van der Waals surface area contributed by atoms with Crippen molar-refractivity contribution in [2.45, 2.75) is 51.6 Å². The van der Waals surface area contributed by atoms with Crippen molar-refractivity contribution in [3.63, 3.8) is 0 Å². The molecule has 1 aliphatic carbocycles. The summed E-state index contributed by atoms with van der Waals surface area (Å²) in [4.78, 5) is 16.0. The highest BCUT2D eigenvalue weighted by molar-refractivity contribution is 5.69. The maximum Gasteiger partial charge on any atom is 0.306 e. The third-order valence-electron chi connectivity index (χ3n) is 4.40. The molecule has 1 saturated carbocycles. The van der Waals surface area contributed by atoms with Gasteiger partial charge in [-0.05, 0) is 36.6 Å². The number of halogens is 1. The predicted molar refractivity (Wildman–Crippen MR) is 85.3 cm³/mol. The first-order valence-electron chi connectivity index (χ1n) is 8.45. The number of hydrogen-bond acceptors (Lipinski definition) is 5. The summed E-state index contributed by atoms with van der Waals surface area (Å²) in [5, 5.41) is 3.78. The van der Waals surface area contributed by atoms with E-state index in [1.807, 2.05) is 0 Å². The molecule has 2 aromatic rings. The molecule has 0 radical (unpaired) electrons. The second kappa shape index (κ2) is 8.04. The van der Waals surface area contributed by atoms with Gasteiger partial charge in [-0.3, -0.25) is 4.79 Å². The smallest absolute Gasteiger partial charge is 0.306 e.